The van der Waals surface area contributed by atoms with Crippen LogP contribution in [-0.2, 0) is 6.54 Å². The Balaban J connectivity index is 2.06. The van der Waals surface area contributed by atoms with E-state index in [1.54, 1.807) is 0 Å². The molecule has 1 aliphatic heterocycles. The number of nitrogens with zero attached hydrogens (tertiary/aromatic N) is 1. The molecule has 3 rings (SSSR count). The SMILES string of the molecule is COc1ccc2c(c1)OC(=O)N(Cc1cccc(N)c1F)C2C(F)(F)F. The third-order valence-corrected chi connectivity index (χ3v) is 4.02. The molecule has 2 aromatic rings. The van der Waals surface area contributed by atoms with E-state index in [4.69, 9.17) is 15.2 Å². The van der Waals surface area contributed by atoms with Crippen molar-refractivity contribution < 1.29 is 31.8 Å². The number of carbonyl (C=O) groups excluding carboxylic acids is 1. The number of anilines is 1. The molecule has 0 saturated heterocycles. The van der Waals surface area contributed by atoms with Gasteiger partial charge in [0, 0.05) is 17.2 Å². The number of amides is 1. The lowest BCUT2D eigenvalue weighted by Crippen LogP contribution is -2.46. The normalized spacial score (nSPS) is 16.9. The fourth-order valence-electron chi connectivity index (χ4n) is 2.80. The van der Waals surface area contributed by atoms with Gasteiger partial charge in [-0.1, -0.05) is 12.1 Å². The highest BCUT2D eigenvalue weighted by atomic mass is 19.4. The molecule has 0 saturated carbocycles. The summed E-state index contributed by atoms with van der Waals surface area (Å²) in [6, 6.07) is 5.34. The second-order valence-corrected chi connectivity index (χ2v) is 5.66. The summed E-state index contributed by atoms with van der Waals surface area (Å²) in [6.07, 6.45) is -6.03. The van der Waals surface area contributed by atoms with Gasteiger partial charge < -0.3 is 15.2 Å². The molecule has 1 atom stereocenters. The molecule has 2 aromatic carbocycles. The van der Waals surface area contributed by atoms with Crippen LogP contribution < -0.4 is 15.2 Å². The van der Waals surface area contributed by atoms with E-state index in [1.807, 2.05) is 0 Å². The van der Waals surface area contributed by atoms with Crippen LogP contribution >= 0.6 is 0 Å². The Labute approximate surface area is 145 Å². The van der Waals surface area contributed by atoms with Crippen LogP contribution in [0.3, 0.4) is 0 Å². The van der Waals surface area contributed by atoms with E-state index in [9.17, 15) is 22.4 Å². The zero-order valence-electron chi connectivity index (χ0n) is 13.5. The number of hydrogen-bond donors (Lipinski definition) is 1. The third kappa shape index (κ3) is 3.12. The highest BCUT2D eigenvalue weighted by Crippen LogP contribution is 2.46. The second kappa shape index (κ2) is 6.40. The van der Waals surface area contributed by atoms with Gasteiger partial charge in [0.2, 0.25) is 0 Å². The van der Waals surface area contributed by atoms with Gasteiger partial charge in [-0.05, 0) is 18.2 Å². The van der Waals surface area contributed by atoms with Crippen LogP contribution in [0.25, 0.3) is 0 Å². The van der Waals surface area contributed by atoms with Crippen LogP contribution in [-0.4, -0.2) is 24.3 Å². The summed E-state index contributed by atoms with van der Waals surface area (Å²) in [4.78, 5) is 12.6. The van der Waals surface area contributed by atoms with E-state index in [-0.39, 0.29) is 28.3 Å². The zero-order valence-corrected chi connectivity index (χ0v) is 13.5. The van der Waals surface area contributed by atoms with Gasteiger partial charge in [0.05, 0.1) is 19.3 Å². The molecule has 0 aliphatic carbocycles. The van der Waals surface area contributed by atoms with Crippen molar-refractivity contribution >= 4 is 11.8 Å². The quantitative estimate of drug-likeness (QED) is 0.654. The average Bonchev–Trinajstić information content (AvgIpc) is 2.57. The first-order valence-electron chi connectivity index (χ1n) is 7.48. The first-order valence-corrected chi connectivity index (χ1v) is 7.48. The highest BCUT2D eigenvalue weighted by Gasteiger charge is 2.51. The summed E-state index contributed by atoms with van der Waals surface area (Å²) >= 11 is 0. The number of methoxy groups -OCH3 is 1. The number of ether oxygens (including phenoxy) is 2. The Morgan fingerprint density at radius 3 is 2.65 bits per heavy atom. The van der Waals surface area contributed by atoms with Gasteiger partial charge in [-0.3, -0.25) is 4.90 Å². The Morgan fingerprint density at radius 1 is 1.27 bits per heavy atom. The number of benzene rings is 2. The molecular weight excluding hydrogens is 356 g/mol. The standard InChI is InChI=1S/C17H14F4N2O3/c1-25-10-5-6-11-13(7-10)26-16(24)23(15(11)17(19,20)21)8-9-3-2-4-12(22)14(9)18/h2-7,15H,8,22H2,1H3. The first-order chi connectivity index (χ1) is 12.2. The molecular formula is C17H14F4N2O3. The van der Waals surface area contributed by atoms with Gasteiger partial charge in [0.15, 0.2) is 11.9 Å². The van der Waals surface area contributed by atoms with Crippen LogP contribution in [0.4, 0.5) is 28.0 Å². The molecule has 26 heavy (non-hydrogen) atoms. The van der Waals surface area contributed by atoms with Crippen LogP contribution in [0.15, 0.2) is 36.4 Å². The minimum Gasteiger partial charge on any atom is -0.497 e. The van der Waals surface area contributed by atoms with Crippen molar-refractivity contribution in [2.75, 3.05) is 12.8 Å². The summed E-state index contributed by atoms with van der Waals surface area (Å²) in [5, 5.41) is 0. The second-order valence-electron chi connectivity index (χ2n) is 5.66. The van der Waals surface area contributed by atoms with Crippen molar-refractivity contribution in [3.05, 3.63) is 53.3 Å². The maximum Gasteiger partial charge on any atom is 0.416 e. The van der Waals surface area contributed by atoms with Gasteiger partial charge >= 0.3 is 12.3 Å². The molecule has 1 amide bonds. The molecule has 0 aromatic heterocycles. The molecule has 1 heterocycles. The molecule has 9 heteroatoms. The van der Waals surface area contributed by atoms with Gasteiger partial charge in [0.25, 0.3) is 0 Å². The van der Waals surface area contributed by atoms with E-state index in [2.05, 4.69) is 0 Å². The predicted octanol–water partition coefficient (Wildman–Crippen LogP) is 4.03. The lowest BCUT2D eigenvalue weighted by atomic mass is 10.0. The number of hydrogen-bond acceptors (Lipinski definition) is 4. The lowest BCUT2D eigenvalue weighted by molar-refractivity contribution is -0.184. The molecule has 2 N–H and O–H groups in total. The van der Waals surface area contributed by atoms with Crippen LogP contribution in [0.2, 0.25) is 0 Å². The summed E-state index contributed by atoms with van der Waals surface area (Å²) < 4.78 is 65.2. The largest absolute Gasteiger partial charge is 0.497 e. The van der Waals surface area contributed by atoms with E-state index in [0.717, 1.165) is 0 Å². The van der Waals surface area contributed by atoms with Gasteiger partial charge in [0.1, 0.15) is 11.5 Å². The number of nitrogen functional groups attached to an aromatic ring is 1. The lowest BCUT2D eigenvalue weighted by Gasteiger charge is -2.37. The van der Waals surface area contributed by atoms with Crippen molar-refractivity contribution in [2.45, 2.75) is 18.8 Å². The summed E-state index contributed by atoms with van der Waals surface area (Å²) in [7, 11) is 1.34. The smallest absolute Gasteiger partial charge is 0.416 e. The van der Waals surface area contributed by atoms with E-state index in [0.29, 0.717) is 4.90 Å². The Kier molecular flexibility index (Phi) is 4.39. The molecule has 5 nitrogen and oxygen atoms in total. The molecule has 0 radical (unpaired) electrons. The van der Waals surface area contributed by atoms with Crippen molar-refractivity contribution in [1.29, 1.82) is 0 Å². The topological polar surface area (TPSA) is 64.8 Å². The molecule has 1 aliphatic rings. The van der Waals surface area contributed by atoms with Crippen LogP contribution in [0.1, 0.15) is 17.2 Å². The number of nitrogens with two attached hydrogens (primary N) is 1. The van der Waals surface area contributed by atoms with Gasteiger partial charge in [-0.15, -0.1) is 0 Å². The maximum absolute atomic E-state index is 14.1. The summed E-state index contributed by atoms with van der Waals surface area (Å²) in [5.41, 5.74) is 4.82. The van der Waals surface area contributed by atoms with E-state index < -0.39 is 30.7 Å². The zero-order chi connectivity index (χ0) is 19.1. The number of fused-ring (bicyclic) bond motifs is 1. The minimum absolute atomic E-state index is 0.145. The van der Waals surface area contributed by atoms with Gasteiger partial charge in [-0.25, -0.2) is 9.18 Å². The number of rotatable bonds is 3. The van der Waals surface area contributed by atoms with E-state index >= 15 is 0 Å². The molecule has 1 unspecified atom stereocenters. The van der Waals surface area contributed by atoms with Crippen molar-refractivity contribution in [3.8, 4) is 11.5 Å². The number of alkyl halides is 3. The Hall–Kier alpha value is -2.97. The van der Waals surface area contributed by atoms with Crippen molar-refractivity contribution in [2.24, 2.45) is 0 Å². The number of carbonyl (C=O) groups is 1. The fourth-order valence-corrected chi connectivity index (χ4v) is 2.80. The third-order valence-electron chi connectivity index (χ3n) is 4.02. The van der Waals surface area contributed by atoms with Crippen LogP contribution in [0.5, 0.6) is 11.5 Å². The van der Waals surface area contributed by atoms with Gasteiger partial charge in [-0.2, -0.15) is 13.2 Å². The highest BCUT2D eigenvalue weighted by molar-refractivity contribution is 5.75. The maximum atomic E-state index is 14.1. The molecule has 0 fully saturated rings. The van der Waals surface area contributed by atoms with Crippen molar-refractivity contribution in [1.82, 2.24) is 4.90 Å². The predicted molar refractivity (Wildman–Crippen MR) is 84.2 cm³/mol. The van der Waals surface area contributed by atoms with E-state index in [1.165, 1.54) is 43.5 Å². The monoisotopic (exact) mass is 370 g/mol. The first kappa shape index (κ1) is 17.8. The average molecular weight is 370 g/mol. The Morgan fingerprint density at radius 2 is 2.00 bits per heavy atom. The van der Waals surface area contributed by atoms with Crippen molar-refractivity contribution in [3.63, 3.8) is 0 Å². The molecule has 138 valence electrons. The minimum atomic E-state index is -4.79. The fraction of sp³-hybridized carbons (Fsp3) is 0.235. The Bertz CT molecular complexity index is 854. The molecule has 0 bridgehead atoms. The summed E-state index contributed by atoms with van der Waals surface area (Å²) in [5.74, 6) is -0.879. The number of halogens is 4. The summed E-state index contributed by atoms with van der Waals surface area (Å²) in [6.45, 7) is -0.647. The molecule has 0 spiro atoms. The van der Waals surface area contributed by atoms with Crippen LogP contribution in [0, 0.1) is 5.82 Å².